The first-order chi connectivity index (χ1) is 8.95. The Hall–Kier alpha value is -1.41. The van der Waals surface area contributed by atoms with E-state index in [1.54, 1.807) is 0 Å². The van der Waals surface area contributed by atoms with Gasteiger partial charge in [-0.2, -0.15) is 5.26 Å². The molecule has 0 heterocycles. The molecule has 0 aliphatic heterocycles. The molecular formula is C14H23N3O2. The maximum absolute atomic E-state index is 12.0. The van der Waals surface area contributed by atoms with Gasteiger partial charge in [-0.15, -0.1) is 0 Å². The van der Waals surface area contributed by atoms with Gasteiger partial charge in [0, 0.05) is 19.0 Å². The lowest BCUT2D eigenvalue weighted by Crippen LogP contribution is -2.47. The number of nitrogens with one attached hydrogen (secondary N) is 1. The van der Waals surface area contributed by atoms with Gasteiger partial charge in [-0.05, 0) is 25.7 Å². The molecule has 1 atom stereocenters. The second-order valence-electron chi connectivity index (χ2n) is 5.51. The Morgan fingerprint density at radius 1 is 1.42 bits per heavy atom. The van der Waals surface area contributed by atoms with Crippen LogP contribution in [0.25, 0.3) is 0 Å². The highest BCUT2D eigenvalue weighted by Gasteiger charge is 2.30. The first kappa shape index (κ1) is 15.6. The number of nitriles is 1. The van der Waals surface area contributed by atoms with Crippen molar-refractivity contribution in [2.24, 2.45) is 5.92 Å². The van der Waals surface area contributed by atoms with Crippen molar-refractivity contribution in [3.05, 3.63) is 0 Å². The fourth-order valence-electron chi connectivity index (χ4n) is 2.17. The summed E-state index contributed by atoms with van der Waals surface area (Å²) < 4.78 is 0. The summed E-state index contributed by atoms with van der Waals surface area (Å²) in [7, 11) is 0. The van der Waals surface area contributed by atoms with Crippen molar-refractivity contribution >= 4 is 11.7 Å². The summed E-state index contributed by atoms with van der Waals surface area (Å²) in [6.07, 6.45) is 2.63. The van der Waals surface area contributed by atoms with E-state index in [2.05, 4.69) is 11.4 Å². The molecule has 1 amide bonds. The topological polar surface area (TPSA) is 73.2 Å². The Balaban J connectivity index is 2.47. The molecule has 0 aromatic rings. The van der Waals surface area contributed by atoms with E-state index in [0.29, 0.717) is 19.0 Å². The van der Waals surface area contributed by atoms with Gasteiger partial charge in [0.05, 0.1) is 18.7 Å². The summed E-state index contributed by atoms with van der Waals surface area (Å²) in [6.45, 7) is 6.24. The molecule has 19 heavy (non-hydrogen) atoms. The summed E-state index contributed by atoms with van der Waals surface area (Å²) in [6, 6.07) is 2.13. The first-order valence-electron chi connectivity index (χ1n) is 6.86. The second-order valence-corrected chi connectivity index (χ2v) is 5.51. The number of carbonyl (C=O) groups is 2. The van der Waals surface area contributed by atoms with Crippen molar-refractivity contribution < 1.29 is 9.59 Å². The van der Waals surface area contributed by atoms with Crippen LogP contribution in [-0.2, 0) is 9.59 Å². The van der Waals surface area contributed by atoms with Gasteiger partial charge < -0.3 is 5.32 Å². The van der Waals surface area contributed by atoms with Crippen LogP contribution in [-0.4, -0.2) is 41.8 Å². The zero-order chi connectivity index (χ0) is 14.4. The second kappa shape index (κ2) is 7.25. The van der Waals surface area contributed by atoms with E-state index >= 15 is 0 Å². The zero-order valence-electron chi connectivity index (χ0n) is 12.0. The number of hydrogen-bond acceptors (Lipinski definition) is 4. The molecule has 0 spiro atoms. The van der Waals surface area contributed by atoms with Crippen molar-refractivity contribution in [3.8, 4) is 6.07 Å². The molecule has 0 saturated heterocycles. The number of amides is 1. The molecular weight excluding hydrogens is 242 g/mol. The number of nitrogens with zero attached hydrogens (tertiary/aromatic N) is 2. The van der Waals surface area contributed by atoms with Gasteiger partial charge in [0.25, 0.3) is 0 Å². The fourth-order valence-corrected chi connectivity index (χ4v) is 2.17. The standard InChI is InChI=1S/C14H23N3O2/c1-10(2)14(11(3)18)16-13(19)9-17(8-4-7-15)12-5-6-12/h10,12,14H,4-6,8-9H2,1-3H3,(H,16,19). The lowest BCUT2D eigenvalue weighted by Gasteiger charge is -2.23. The van der Waals surface area contributed by atoms with Gasteiger partial charge in [0.2, 0.25) is 5.91 Å². The minimum atomic E-state index is -0.412. The number of carbonyl (C=O) groups excluding carboxylic acids is 2. The first-order valence-corrected chi connectivity index (χ1v) is 6.86. The molecule has 0 radical (unpaired) electrons. The SMILES string of the molecule is CC(=O)C(NC(=O)CN(CCC#N)C1CC1)C(C)C. The van der Waals surface area contributed by atoms with Crippen LogP contribution >= 0.6 is 0 Å². The molecule has 0 aromatic heterocycles. The van der Waals surface area contributed by atoms with E-state index in [-0.39, 0.29) is 24.2 Å². The third-order valence-corrected chi connectivity index (χ3v) is 3.34. The van der Waals surface area contributed by atoms with E-state index in [1.807, 2.05) is 18.7 Å². The van der Waals surface area contributed by atoms with E-state index in [9.17, 15) is 9.59 Å². The molecule has 0 bridgehead atoms. The molecule has 1 rings (SSSR count). The molecule has 1 unspecified atom stereocenters. The maximum Gasteiger partial charge on any atom is 0.234 e. The summed E-state index contributed by atoms with van der Waals surface area (Å²) >= 11 is 0. The summed E-state index contributed by atoms with van der Waals surface area (Å²) in [5, 5.41) is 11.4. The molecule has 5 heteroatoms. The highest BCUT2D eigenvalue weighted by molar-refractivity contribution is 5.88. The average molecular weight is 265 g/mol. The summed E-state index contributed by atoms with van der Waals surface area (Å²) in [4.78, 5) is 25.5. The van der Waals surface area contributed by atoms with E-state index in [1.165, 1.54) is 6.92 Å². The largest absolute Gasteiger partial charge is 0.345 e. The van der Waals surface area contributed by atoms with Gasteiger partial charge in [-0.1, -0.05) is 13.8 Å². The van der Waals surface area contributed by atoms with Gasteiger partial charge in [0.1, 0.15) is 0 Å². The molecule has 1 aliphatic rings. The van der Waals surface area contributed by atoms with Crippen LogP contribution in [0.3, 0.4) is 0 Å². The Morgan fingerprint density at radius 2 is 2.05 bits per heavy atom. The van der Waals surface area contributed by atoms with E-state index in [4.69, 9.17) is 5.26 Å². The molecule has 1 N–H and O–H groups in total. The van der Waals surface area contributed by atoms with Gasteiger partial charge in [-0.3, -0.25) is 14.5 Å². The molecule has 1 saturated carbocycles. The average Bonchev–Trinajstić information content (AvgIpc) is 3.14. The van der Waals surface area contributed by atoms with Crippen LogP contribution in [0.2, 0.25) is 0 Å². The van der Waals surface area contributed by atoms with Crippen LogP contribution in [0, 0.1) is 17.2 Å². The highest BCUT2D eigenvalue weighted by atomic mass is 16.2. The van der Waals surface area contributed by atoms with Crippen molar-refractivity contribution in [2.75, 3.05) is 13.1 Å². The van der Waals surface area contributed by atoms with Crippen molar-refractivity contribution in [1.82, 2.24) is 10.2 Å². The zero-order valence-corrected chi connectivity index (χ0v) is 12.0. The van der Waals surface area contributed by atoms with Crippen LogP contribution < -0.4 is 5.32 Å². The normalized spacial score (nSPS) is 16.2. The molecule has 106 valence electrons. The third-order valence-electron chi connectivity index (χ3n) is 3.34. The lowest BCUT2D eigenvalue weighted by molar-refractivity contribution is -0.128. The number of ketones is 1. The van der Waals surface area contributed by atoms with Crippen LogP contribution in [0.5, 0.6) is 0 Å². The van der Waals surface area contributed by atoms with Gasteiger partial charge in [-0.25, -0.2) is 0 Å². The van der Waals surface area contributed by atoms with Crippen LogP contribution in [0.15, 0.2) is 0 Å². The molecule has 0 aromatic carbocycles. The predicted molar refractivity (Wildman–Crippen MR) is 72.3 cm³/mol. The Bertz CT molecular complexity index is 369. The quantitative estimate of drug-likeness (QED) is 0.713. The number of rotatable bonds is 8. The van der Waals surface area contributed by atoms with Crippen molar-refractivity contribution in [3.63, 3.8) is 0 Å². The monoisotopic (exact) mass is 265 g/mol. The summed E-state index contributed by atoms with van der Waals surface area (Å²) in [5.41, 5.74) is 0. The lowest BCUT2D eigenvalue weighted by atomic mass is 10.0. The predicted octanol–water partition coefficient (Wildman–Crippen LogP) is 1.09. The molecule has 1 aliphatic carbocycles. The minimum absolute atomic E-state index is 0.0154. The molecule has 1 fully saturated rings. The van der Waals surface area contributed by atoms with Crippen molar-refractivity contribution in [1.29, 1.82) is 5.26 Å². The number of Topliss-reactive ketones (excluding diaryl/α,β-unsaturated/α-hetero) is 1. The molecule has 5 nitrogen and oxygen atoms in total. The summed E-state index contributed by atoms with van der Waals surface area (Å²) in [5.74, 6) is -0.0491. The maximum atomic E-state index is 12.0. The van der Waals surface area contributed by atoms with Crippen LogP contribution in [0.1, 0.15) is 40.0 Å². The van der Waals surface area contributed by atoms with E-state index in [0.717, 1.165) is 12.8 Å². The van der Waals surface area contributed by atoms with Crippen molar-refractivity contribution in [2.45, 2.75) is 52.1 Å². The third kappa shape index (κ3) is 5.39. The smallest absolute Gasteiger partial charge is 0.234 e. The Labute approximate surface area is 115 Å². The Kier molecular flexibility index (Phi) is 5.97. The van der Waals surface area contributed by atoms with Gasteiger partial charge >= 0.3 is 0 Å². The van der Waals surface area contributed by atoms with E-state index < -0.39 is 6.04 Å². The minimum Gasteiger partial charge on any atom is -0.345 e. The van der Waals surface area contributed by atoms with Gasteiger partial charge in [0.15, 0.2) is 5.78 Å². The fraction of sp³-hybridized carbons (Fsp3) is 0.786. The number of hydrogen-bond donors (Lipinski definition) is 1. The highest BCUT2D eigenvalue weighted by Crippen LogP contribution is 2.26. The van der Waals surface area contributed by atoms with Crippen LogP contribution in [0.4, 0.5) is 0 Å². The Morgan fingerprint density at radius 3 is 2.47 bits per heavy atom.